The summed E-state index contributed by atoms with van der Waals surface area (Å²) in [6.07, 6.45) is 2.72. The van der Waals surface area contributed by atoms with Crippen molar-refractivity contribution in [2.45, 2.75) is 46.5 Å². The minimum atomic E-state index is 0.146. The number of aryl methyl sites for hydroxylation is 2. The molecule has 0 saturated heterocycles. The average Bonchev–Trinajstić information content (AvgIpc) is 2.51. The molecule has 3 N–H and O–H groups in total. The maximum atomic E-state index is 4.56. The predicted molar refractivity (Wildman–Crippen MR) is 97.7 cm³/mol. The molecule has 1 aromatic heterocycles. The third-order valence-electron chi connectivity index (χ3n) is 3.33. The van der Waals surface area contributed by atoms with Gasteiger partial charge in [0.2, 0.25) is 0 Å². The van der Waals surface area contributed by atoms with Crippen molar-refractivity contribution in [3.63, 3.8) is 0 Å². The van der Waals surface area contributed by atoms with Gasteiger partial charge in [-0.1, -0.05) is 39.8 Å². The third kappa shape index (κ3) is 5.00. The highest BCUT2D eigenvalue weighted by molar-refractivity contribution is 7.77. The van der Waals surface area contributed by atoms with E-state index >= 15 is 0 Å². The molecule has 22 heavy (non-hydrogen) atoms. The van der Waals surface area contributed by atoms with Crippen LogP contribution in [-0.2, 0) is 11.8 Å². The summed E-state index contributed by atoms with van der Waals surface area (Å²) in [5, 5.41) is 7.60. The van der Waals surface area contributed by atoms with Crippen LogP contribution >= 0.6 is 12.8 Å². The standard InChI is InChI=1S/C17H23N3.H3NS/c1-6-15-18-11-12(2)16(20-15)19-14-9-7-8-13(10-14)17(3,4)5;1-2/h7-11H,6H2,1-5H3,(H,18,19,20);2H,1H2. The van der Waals surface area contributed by atoms with E-state index in [2.05, 4.69) is 85.2 Å². The van der Waals surface area contributed by atoms with E-state index < -0.39 is 0 Å². The van der Waals surface area contributed by atoms with E-state index in [0.717, 1.165) is 29.3 Å². The number of nitrogens with zero attached hydrogens (tertiary/aromatic N) is 2. The summed E-state index contributed by atoms with van der Waals surface area (Å²) >= 11 is 3.03. The SMILES string of the molecule is CCc1ncc(C)c(Nc2cccc(C(C)(C)C)c2)n1.NS. The van der Waals surface area contributed by atoms with Crippen LogP contribution in [0.5, 0.6) is 0 Å². The van der Waals surface area contributed by atoms with Crippen molar-refractivity contribution in [3.05, 3.63) is 47.4 Å². The van der Waals surface area contributed by atoms with E-state index in [1.165, 1.54) is 5.56 Å². The number of benzene rings is 1. The predicted octanol–water partition coefficient (Wildman–Crippen LogP) is 4.18. The van der Waals surface area contributed by atoms with E-state index in [4.69, 9.17) is 0 Å². The number of hydrogen-bond acceptors (Lipinski definition) is 5. The van der Waals surface area contributed by atoms with Crippen LogP contribution in [0.1, 0.15) is 44.6 Å². The lowest BCUT2D eigenvalue weighted by Gasteiger charge is -2.20. The molecule has 1 aromatic carbocycles. The second kappa shape index (κ2) is 8.15. The molecule has 0 amide bonds. The first-order valence-electron chi connectivity index (χ1n) is 7.36. The Morgan fingerprint density at radius 3 is 2.50 bits per heavy atom. The Bertz CT molecular complexity index is 606. The van der Waals surface area contributed by atoms with E-state index in [1.807, 2.05) is 13.1 Å². The van der Waals surface area contributed by atoms with Gasteiger partial charge in [-0.25, -0.2) is 9.97 Å². The highest BCUT2D eigenvalue weighted by atomic mass is 32.1. The molecule has 1 heterocycles. The highest BCUT2D eigenvalue weighted by Crippen LogP contribution is 2.26. The second-order valence-electron chi connectivity index (χ2n) is 6.13. The van der Waals surface area contributed by atoms with Crippen molar-refractivity contribution in [1.29, 1.82) is 0 Å². The van der Waals surface area contributed by atoms with Crippen LogP contribution in [-0.4, -0.2) is 9.97 Å². The van der Waals surface area contributed by atoms with Gasteiger partial charge < -0.3 is 5.32 Å². The monoisotopic (exact) mass is 318 g/mol. The molecule has 0 unspecified atom stereocenters. The number of nitrogens with two attached hydrogens (primary N) is 1. The Labute approximate surface area is 139 Å². The largest absolute Gasteiger partial charge is 0.340 e. The van der Waals surface area contributed by atoms with Crippen molar-refractivity contribution >= 4 is 24.3 Å². The van der Waals surface area contributed by atoms with Crippen LogP contribution in [0.3, 0.4) is 0 Å². The first kappa shape index (κ1) is 18.5. The van der Waals surface area contributed by atoms with Crippen molar-refractivity contribution in [3.8, 4) is 0 Å². The molecule has 0 saturated carbocycles. The molecule has 4 nitrogen and oxygen atoms in total. The number of thiol groups is 1. The molecule has 0 aliphatic rings. The van der Waals surface area contributed by atoms with Gasteiger partial charge in [0, 0.05) is 23.9 Å². The van der Waals surface area contributed by atoms with Gasteiger partial charge in [0.05, 0.1) is 0 Å². The Morgan fingerprint density at radius 2 is 1.91 bits per heavy atom. The molecule has 0 radical (unpaired) electrons. The van der Waals surface area contributed by atoms with Crippen molar-refractivity contribution in [2.24, 2.45) is 5.14 Å². The van der Waals surface area contributed by atoms with Crippen molar-refractivity contribution in [1.82, 2.24) is 9.97 Å². The number of aromatic nitrogens is 2. The fourth-order valence-electron chi connectivity index (χ4n) is 1.98. The van der Waals surface area contributed by atoms with E-state index in [1.54, 1.807) is 0 Å². The van der Waals surface area contributed by atoms with Gasteiger partial charge in [-0.05, 0) is 30.0 Å². The maximum absolute atomic E-state index is 4.56. The molecule has 0 spiro atoms. The topological polar surface area (TPSA) is 63.8 Å². The average molecular weight is 318 g/mol. The summed E-state index contributed by atoms with van der Waals surface area (Å²) in [5.74, 6) is 1.76. The van der Waals surface area contributed by atoms with Gasteiger partial charge in [0.1, 0.15) is 11.6 Å². The molecule has 2 aromatic rings. The zero-order valence-electron chi connectivity index (χ0n) is 14.0. The van der Waals surface area contributed by atoms with Crippen molar-refractivity contribution < 1.29 is 0 Å². The summed E-state index contributed by atoms with van der Waals surface area (Å²) in [4.78, 5) is 8.86. The fraction of sp³-hybridized carbons (Fsp3) is 0.412. The number of hydrogen-bond donors (Lipinski definition) is 3. The molecule has 0 atom stereocenters. The normalized spacial score (nSPS) is 10.7. The molecule has 120 valence electrons. The number of nitrogens with one attached hydrogen (secondary N) is 1. The molecular formula is C17H26N4S. The zero-order valence-corrected chi connectivity index (χ0v) is 14.9. The molecule has 2 rings (SSSR count). The highest BCUT2D eigenvalue weighted by Gasteiger charge is 2.14. The van der Waals surface area contributed by atoms with Gasteiger partial charge in [-0.15, -0.1) is 12.8 Å². The lowest BCUT2D eigenvalue weighted by molar-refractivity contribution is 0.590. The van der Waals surface area contributed by atoms with Crippen LogP contribution in [0.25, 0.3) is 0 Å². The van der Waals surface area contributed by atoms with Crippen LogP contribution < -0.4 is 10.5 Å². The number of rotatable bonds is 3. The van der Waals surface area contributed by atoms with Crippen LogP contribution in [0, 0.1) is 6.92 Å². The lowest BCUT2D eigenvalue weighted by atomic mass is 9.87. The van der Waals surface area contributed by atoms with Gasteiger partial charge >= 0.3 is 0 Å². The summed E-state index contributed by atoms with van der Waals surface area (Å²) in [5.41, 5.74) is 3.59. The summed E-state index contributed by atoms with van der Waals surface area (Å²) in [6, 6.07) is 8.51. The third-order valence-corrected chi connectivity index (χ3v) is 3.33. The Morgan fingerprint density at radius 1 is 1.23 bits per heavy atom. The molecule has 0 aliphatic carbocycles. The zero-order chi connectivity index (χ0) is 16.8. The minimum absolute atomic E-state index is 0.146. The van der Waals surface area contributed by atoms with E-state index in [9.17, 15) is 0 Å². The van der Waals surface area contributed by atoms with Crippen LogP contribution in [0.15, 0.2) is 30.5 Å². The van der Waals surface area contributed by atoms with Crippen LogP contribution in [0.4, 0.5) is 11.5 Å². The first-order chi connectivity index (χ1) is 10.4. The smallest absolute Gasteiger partial charge is 0.137 e. The molecule has 5 heteroatoms. The second-order valence-corrected chi connectivity index (χ2v) is 6.13. The molecule has 0 fully saturated rings. The number of anilines is 2. The van der Waals surface area contributed by atoms with E-state index in [-0.39, 0.29) is 5.41 Å². The quantitative estimate of drug-likeness (QED) is 0.743. The van der Waals surface area contributed by atoms with Gasteiger partial charge in [0.15, 0.2) is 0 Å². The first-order valence-corrected chi connectivity index (χ1v) is 7.87. The minimum Gasteiger partial charge on any atom is -0.340 e. The maximum Gasteiger partial charge on any atom is 0.137 e. The summed E-state index contributed by atoms with van der Waals surface area (Å²) in [6.45, 7) is 10.7. The van der Waals surface area contributed by atoms with Crippen LogP contribution in [0.2, 0.25) is 0 Å². The fourth-order valence-corrected chi connectivity index (χ4v) is 1.98. The Balaban J connectivity index is 0.00000116. The summed E-state index contributed by atoms with van der Waals surface area (Å²) in [7, 11) is 0. The lowest BCUT2D eigenvalue weighted by Crippen LogP contribution is -2.11. The molecule has 0 bridgehead atoms. The van der Waals surface area contributed by atoms with Crippen molar-refractivity contribution in [2.75, 3.05) is 5.32 Å². The molecule has 0 aliphatic heterocycles. The Hall–Kier alpha value is -1.59. The van der Waals surface area contributed by atoms with Gasteiger partial charge in [0.25, 0.3) is 0 Å². The van der Waals surface area contributed by atoms with Gasteiger partial charge in [-0.2, -0.15) is 0 Å². The van der Waals surface area contributed by atoms with Gasteiger partial charge in [-0.3, -0.25) is 5.14 Å². The summed E-state index contributed by atoms with van der Waals surface area (Å²) < 4.78 is 0. The van der Waals surface area contributed by atoms with E-state index in [0.29, 0.717) is 0 Å². The Kier molecular flexibility index (Phi) is 6.84. The molecular weight excluding hydrogens is 292 g/mol.